The number of ether oxygens (including phenoxy) is 1. The number of benzene rings is 1. The Hall–Kier alpha value is -1.52. The van der Waals surface area contributed by atoms with E-state index >= 15 is 0 Å². The second kappa shape index (κ2) is 5.85. The van der Waals surface area contributed by atoms with Gasteiger partial charge in [0.15, 0.2) is 0 Å². The van der Waals surface area contributed by atoms with Crippen LogP contribution >= 0.6 is 0 Å². The third kappa shape index (κ3) is 2.81. The zero-order chi connectivity index (χ0) is 13.9. The van der Waals surface area contributed by atoms with Crippen LogP contribution in [0.4, 0.5) is 0 Å². The van der Waals surface area contributed by atoms with E-state index in [2.05, 4.69) is 33.9 Å². The highest BCUT2D eigenvalue weighted by molar-refractivity contribution is 5.81. The summed E-state index contributed by atoms with van der Waals surface area (Å²) in [5.74, 6) is 0.918. The first kappa shape index (κ1) is 13.5. The van der Waals surface area contributed by atoms with Crippen LogP contribution < -0.4 is 10.5 Å². The second-order valence-corrected chi connectivity index (χ2v) is 5.61. The van der Waals surface area contributed by atoms with E-state index in [9.17, 15) is 0 Å². The smallest absolute Gasteiger partial charge is 0.120 e. The minimum Gasteiger partial charge on any atom is -0.497 e. The van der Waals surface area contributed by atoms with Crippen LogP contribution in [0.25, 0.3) is 10.9 Å². The lowest BCUT2D eigenvalue weighted by atomic mass is 10.1. The van der Waals surface area contributed by atoms with Gasteiger partial charge in [-0.15, -0.1) is 0 Å². The number of likely N-dealkylation sites (tertiary alicyclic amines) is 1. The highest BCUT2D eigenvalue weighted by Gasteiger charge is 2.15. The van der Waals surface area contributed by atoms with Crippen LogP contribution in [0, 0.1) is 0 Å². The molecule has 2 aromatic rings. The zero-order valence-electron chi connectivity index (χ0n) is 12.1. The summed E-state index contributed by atoms with van der Waals surface area (Å²) in [6, 6.07) is 8.81. The summed E-state index contributed by atoms with van der Waals surface area (Å²) < 4.78 is 7.63. The van der Waals surface area contributed by atoms with E-state index in [0.29, 0.717) is 6.04 Å². The quantitative estimate of drug-likeness (QED) is 0.927. The van der Waals surface area contributed by atoms with E-state index in [4.69, 9.17) is 10.5 Å². The van der Waals surface area contributed by atoms with Gasteiger partial charge in [-0.2, -0.15) is 0 Å². The number of aromatic nitrogens is 1. The number of rotatable bonds is 4. The van der Waals surface area contributed by atoms with E-state index in [0.717, 1.165) is 44.8 Å². The first-order valence-electron chi connectivity index (χ1n) is 7.37. The van der Waals surface area contributed by atoms with Crippen molar-refractivity contribution in [2.24, 2.45) is 5.73 Å². The van der Waals surface area contributed by atoms with Crippen LogP contribution in [0.15, 0.2) is 30.5 Å². The number of nitrogens with zero attached hydrogens (tertiary/aromatic N) is 2. The summed E-state index contributed by atoms with van der Waals surface area (Å²) in [4.78, 5) is 2.51. The van der Waals surface area contributed by atoms with Crippen molar-refractivity contribution in [3.63, 3.8) is 0 Å². The van der Waals surface area contributed by atoms with E-state index in [1.165, 1.54) is 10.9 Å². The van der Waals surface area contributed by atoms with Crippen LogP contribution in [-0.2, 0) is 6.54 Å². The second-order valence-electron chi connectivity index (χ2n) is 5.61. The van der Waals surface area contributed by atoms with Crippen LogP contribution in [0.3, 0.4) is 0 Å². The lowest BCUT2D eigenvalue weighted by molar-refractivity contribution is 0.207. The molecule has 0 saturated carbocycles. The van der Waals surface area contributed by atoms with Gasteiger partial charge in [-0.3, -0.25) is 0 Å². The molecule has 2 heterocycles. The van der Waals surface area contributed by atoms with Gasteiger partial charge in [-0.1, -0.05) is 0 Å². The van der Waals surface area contributed by atoms with E-state index in [-0.39, 0.29) is 0 Å². The summed E-state index contributed by atoms with van der Waals surface area (Å²) in [6.45, 7) is 4.37. The van der Waals surface area contributed by atoms with Crippen LogP contribution in [0.1, 0.15) is 12.8 Å². The van der Waals surface area contributed by atoms with E-state index in [1.807, 2.05) is 6.07 Å². The molecule has 2 N–H and O–H groups in total. The van der Waals surface area contributed by atoms with Gasteiger partial charge in [-0.25, -0.2) is 0 Å². The minimum atomic E-state index is 0.405. The monoisotopic (exact) mass is 273 g/mol. The Kier molecular flexibility index (Phi) is 3.94. The Morgan fingerprint density at radius 2 is 2.00 bits per heavy atom. The Bertz CT molecular complexity index is 570. The average Bonchev–Trinajstić information content (AvgIpc) is 2.89. The summed E-state index contributed by atoms with van der Waals surface area (Å²) in [5, 5.41) is 1.27. The van der Waals surface area contributed by atoms with Crippen molar-refractivity contribution in [2.75, 3.05) is 26.7 Å². The summed E-state index contributed by atoms with van der Waals surface area (Å²) >= 11 is 0. The van der Waals surface area contributed by atoms with Gasteiger partial charge < -0.3 is 19.9 Å². The van der Waals surface area contributed by atoms with E-state index in [1.54, 1.807) is 7.11 Å². The maximum Gasteiger partial charge on any atom is 0.120 e. The highest BCUT2D eigenvalue weighted by Crippen LogP contribution is 2.22. The molecular formula is C16H23N3O. The molecule has 3 rings (SSSR count). The third-order valence-electron chi connectivity index (χ3n) is 4.27. The van der Waals surface area contributed by atoms with Crippen molar-refractivity contribution in [1.29, 1.82) is 0 Å². The first-order chi connectivity index (χ1) is 9.76. The van der Waals surface area contributed by atoms with Crippen molar-refractivity contribution in [3.8, 4) is 5.75 Å². The maximum atomic E-state index is 5.95. The summed E-state index contributed by atoms with van der Waals surface area (Å²) in [5.41, 5.74) is 7.20. The minimum absolute atomic E-state index is 0.405. The number of nitrogens with two attached hydrogens (primary N) is 1. The molecule has 0 aliphatic carbocycles. The largest absolute Gasteiger partial charge is 0.497 e. The fourth-order valence-electron chi connectivity index (χ4n) is 2.91. The van der Waals surface area contributed by atoms with Gasteiger partial charge in [0.05, 0.1) is 12.6 Å². The molecule has 4 heteroatoms. The number of methoxy groups -OCH3 is 1. The normalized spacial score (nSPS) is 17.7. The Morgan fingerprint density at radius 1 is 1.20 bits per heavy atom. The fourth-order valence-corrected chi connectivity index (χ4v) is 2.91. The highest BCUT2D eigenvalue weighted by atomic mass is 16.5. The lowest BCUT2D eigenvalue weighted by Crippen LogP contribution is -2.40. The van der Waals surface area contributed by atoms with Crippen molar-refractivity contribution in [2.45, 2.75) is 25.4 Å². The molecule has 1 aliphatic rings. The molecule has 1 aromatic carbocycles. The molecule has 1 fully saturated rings. The van der Waals surface area contributed by atoms with Gasteiger partial charge in [0.25, 0.3) is 0 Å². The number of hydrogen-bond donors (Lipinski definition) is 1. The molecule has 0 amide bonds. The average molecular weight is 273 g/mol. The fraction of sp³-hybridized carbons (Fsp3) is 0.500. The van der Waals surface area contributed by atoms with Crippen LogP contribution in [0.5, 0.6) is 5.75 Å². The van der Waals surface area contributed by atoms with Crippen molar-refractivity contribution >= 4 is 10.9 Å². The lowest BCUT2D eigenvalue weighted by Gasteiger charge is -2.30. The molecule has 1 aliphatic heterocycles. The molecule has 0 radical (unpaired) electrons. The first-order valence-corrected chi connectivity index (χ1v) is 7.37. The number of hydrogen-bond acceptors (Lipinski definition) is 3. The predicted octanol–water partition coefficient (Wildman–Crippen LogP) is 2.07. The molecule has 1 aromatic heterocycles. The standard InChI is InChI=1S/C16H23N3O/c1-20-15-3-2-13-4-9-19(16(13)12-15)11-10-18-7-5-14(17)6-8-18/h2-4,9,12,14H,5-8,10-11,17H2,1H3. The molecule has 0 unspecified atom stereocenters. The molecule has 0 spiro atoms. The summed E-state index contributed by atoms with van der Waals surface area (Å²) in [6.07, 6.45) is 4.42. The van der Waals surface area contributed by atoms with Crippen molar-refractivity contribution in [3.05, 3.63) is 30.5 Å². The Labute approximate surface area is 120 Å². The van der Waals surface area contributed by atoms with Crippen LogP contribution in [-0.4, -0.2) is 42.3 Å². The summed E-state index contributed by atoms with van der Waals surface area (Å²) in [7, 11) is 1.71. The molecule has 1 saturated heterocycles. The van der Waals surface area contributed by atoms with E-state index < -0.39 is 0 Å². The molecule has 4 nitrogen and oxygen atoms in total. The van der Waals surface area contributed by atoms with Crippen molar-refractivity contribution < 1.29 is 4.74 Å². The Balaban J connectivity index is 1.68. The van der Waals surface area contributed by atoms with Crippen LogP contribution in [0.2, 0.25) is 0 Å². The molecule has 108 valence electrons. The van der Waals surface area contributed by atoms with Gasteiger partial charge in [0.1, 0.15) is 5.75 Å². The van der Waals surface area contributed by atoms with Gasteiger partial charge in [0, 0.05) is 31.4 Å². The predicted molar refractivity (Wildman–Crippen MR) is 82.1 cm³/mol. The molecule has 0 bridgehead atoms. The van der Waals surface area contributed by atoms with Gasteiger partial charge in [0.2, 0.25) is 0 Å². The molecular weight excluding hydrogens is 250 g/mol. The van der Waals surface area contributed by atoms with Gasteiger partial charge >= 0.3 is 0 Å². The number of piperidine rings is 1. The SMILES string of the molecule is COc1ccc2ccn(CCN3CCC(N)CC3)c2c1. The number of fused-ring (bicyclic) bond motifs is 1. The Morgan fingerprint density at radius 3 is 2.75 bits per heavy atom. The maximum absolute atomic E-state index is 5.95. The molecule has 20 heavy (non-hydrogen) atoms. The zero-order valence-corrected chi connectivity index (χ0v) is 12.1. The van der Waals surface area contributed by atoms with Crippen molar-refractivity contribution in [1.82, 2.24) is 9.47 Å². The topological polar surface area (TPSA) is 43.4 Å². The third-order valence-corrected chi connectivity index (χ3v) is 4.27. The molecule has 0 atom stereocenters. The van der Waals surface area contributed by atoms with Gasteiger partial charge in [-0.05, 0) is 49.5 Å².